The Kier molecular flexibility index (Phi) is 9.94. The van der Waals surface area contributed by atoms with E-state index in [9.17, 15) is 0 Å². The SMILES string of the molecule is CCC(/C=C/C(C)=C/C=C/C(C)=C/C=NC)CC.[H+]. The average molecular weight is 246 g/mol. The Balaban J connectivity index is 0. The number of aliphatic imine (C=N–C) groups is 1. The average Bonchev–Trinajstić information content (AvgIpc) is 2.37. The van der Waals surface area contributed by atoms with Crippen molar-refractivity contribution in [3.63, 3.8) is 0 Å². The lowest BCUT2D eigenvalue weighted by Crippen LogP contribution is -1.90. The summed E-state index contributed by atoms with van der Waals surface area (Å²) in [6, 6.07) is 0. The summed E-state index contributed by atoms with van der Waals surface area (Å²) in [6.45, 7) is 8.68. The van der Waals surface area contributed by atoms with Gasteiger partial charge in [-0.2, -0.15) is 0 Å². The minimum Gasteiger partial charge on any atom is -0.297 e. The largest absolute Gasteiger partial charge is 1.00 e. The van der Waals surface area contributed by atoms with Gasteiger partial charge < -0.3 is 0 Å². The van der Waals surface area contributed by atoms with E-state index in [0.29, 0.717) is 5.92 Å². The predicted octanol–water partition coefficient (Wildman–Crippen LogP) is 5.24. The lowest BCUT2D eigenvalue weighted by Gasteiger charge is -2.04. The molecule has 0 unspecified atom stereocenters. The molecule has 0 heterocycles. The van der Waals surface area contributed by atoms with Crippen LogP contribution >= 0.6 is 0 Å². The first-order valence-electron chi connectivity index (χ1n) is 6.76. The van der Waals surface area contributed by atoms with Crippen molar-refractivity contribution >= 4 is 6.21 Å². The zero-order chi connectivity index (χ0) is 13.8. The van der Waals surface area contributed by atoms with Crippen LogP contribution < -0.4 is 0 Å². The Morgan fingerprint density at radius 1 is 1.06 bits per heavy atom. The predicted molar refractivity (Wildman–Crippen MR) is 85.4 cm³/mol. The van der Waals surface area contributed by atoms with Crippen LogP contribution in [0.3, 0.4) is 0 Å². The molecule has 0 aromatic carbocycles. The Morgan fingerprint density at radius 2 is 1.67 bits per heavy atom. The summed E-state index contributed by atoms with van der Waals surface area (Å²) in [6.07, 6.45) is 17.1. The maximum Gasteiger partial charge on any atom is 1.00 e. The second-order valence-corrected chi connectivity index (χ2v) is 4.52. The van der Waals surface area contributed by atoms with Crippen LogP contribution in [0.25, 0.3) is 0 Å². The smallest absolute Gasteiger partial charge is 0.297 e. The first-order chi connectivity index (χ1) is 8.63. The Labute approximate surface area is 114 Å². The molecule has 0 amide bonds. The van der Waals surface area contributed by atoms with Gasteiger partial charge in [-0.05, 0) is 44.3 Å². The molecule has 0 fully saturated rings. The molecule has 0 atom stereocenters. The van der Waals surface area contributed by atoms with Gasteiger partial charge in [0.15, 0.2) is 0 Å². The quantitative estimate of drug-likeness (QED) is 0.430. The molecule has 1 heteroatoms. The summed E-state index contributed by atoms with van der Waals surface area (Å²) in [5, 5.41) is 0. The van der Waals surface area contributed by atoms with Gasteiger partial charge in [0.1, 0.15) is 0 Å². The van der Waals surface area contributed by atoms with Crippen molar-refractivity contribution in [2.24, 2.45) is 10.9 Å². The third kappa shape index (κ3) is 8.74. The van der Waals surface area contributed by atoms with Crippen LogP contribution in [0.4, 0.5) is 0 Å². The van der Waals surface area contributed by atoms with Crippen LogP contribution in [0.2, 0.25) is 0 Å². The standard InChI is InChI=1S/C17H27N/c1-6-17(7-2)12-11-15(3)9-8-10-16(4)13-14-18-5/h8-14,17H,6-7H2,1-5H3/p+1/b10-8+,12-11+,15-9+,16-13+,18-14?. The van der Waals surface area contributed by atoms with Crippen LogP contribution in [-0.4, -0.2) is 13.3 Å². The molecule has 0 aliphatic carbocycles. The van der Waals surface area contributed by atoms with Crippen molar-refractivity contribution in [1.29, 1.82) is 0 Å². The molecular formula is C17H28N+. The first-order valence-corrected chi connectivity index (χ1v) is 6.76. The normalized spacial score (nSPS) is 14.8. The van der Waals surface area contributed by atoms with Crippen molar-refractivity contribution in [3.8, 4) is 0 Å². The van der Waals surface area contributed by atoms with E-state index in [1.165, 1.54) is 24.0 Å². The summed E-state index contributed by atoms with van der Waals surface area (Å²) in [5.41, 5.74) is 2.49. The summed E-state index contributed by atoms with van der Waals surface area (Å²) in [5.74, 6) is 0.708. The third-order valence-corrected chi connectivity index (χ3v) is 2.88. The van der Waals surface area contributed by atoms with Crippen molar-refractivity contribution < 1.29 is 1.43 Å². The number of hydrogen-bond donors (Lipinski definition) is 0. The lowest BCUT2D eigenvalue weighted by atomic mass is 10.0. The number of hydrogen-bond acceptors (Lipinski definition) is 1. The molecule has 0 aromatic heterocycles. The van der Waals surface area contributed by atoms with Gasteiger partial charge in [-0.25, -0.2) is 0 Å². The summed E-state index contributed by atoms with van der Waals surface area (Å²) < 4.78 is 0. The highest BCUT2D eigenvalue weighted by Crippen LogP contribution is 2.10. The zero-order valence-electron chi connectivity index (χ0n) is 13.5. The monoisotopic (exact) mass is 246 g/mol. The first kappa shape index (κ1) is 16.6. The molecule has 0 N–H and O–H groups in total. The van der Waals surface area contributed by atoms with Gasteiger partial charge in [-0.15, -0.1) is 0 Å². The van der Waals surface area contributed by atoms with E-state index in [1.807, 2.05) is 12.3 Å². The molecule has 0 aliphatic rings. The third-order valence-electron chi connectivity index (χ3n) is 2.88. The maximum absolute atomic E-state index is 3.92. The van der Waals surface area contributed by atoms with Gasteiger partial charge >= 0.3 is 1.43 Å². The van der Waals surface area contributed by atoms with E-state index in [-0.39, 0.29) is 1.43 Å². The molecule has 0 saturated heterocycles. The van der Waals surface area contributed by atoms with Gasteiger partial charge in [0.2, 0.25) is 0 Å². The van der Waals surface area contributed by atoms with Gasteiger partial charge in [-0.1, -0.05) is 49.8 Å². The highest BCUT2D eigenvalue weighted by atomic mass is 14.6. The van der Waals surface area contributed by atoms with Gasteiger partial charge in [-0.3, -0.25) is 4.99 Å². The molecule has 0 bridgehead atoms. The second kappa shape index (κ2) is 10.8. The number of rotatable bonds is 7. The zero-order valence-corrected chi connectivity index (χ0v) is 12.5. The molecule has 0 aromatic rings. The van der Waals surface area contributed by atoms with Crippen LogP contribution in [0.15, 0.2) is 52.6 Å². The maximum atomic E-state index is 3.92. The van der Waals surface area contributed by atoms with Crippen molar-refractivity contribution in [3.05, 3.63) is 47.6 Å². The number of allylic oxidation sites excluding steroid dienone is 8. The second-order valence-electron chi connectivity index (χ2n) is 4.52. The number of nitrogens with zero attached hydrogens (tertiary/aromatic N) is 1. The van der Waals surface area contributed by atoms with E-state index in [4.69, 9.17) is 0 Å². The Hall–Kier alpha value is -1.37. The molecule has 0 radical (unpaired) electrons. The molecule has 18 heavy (non-hydrogen) atoms. The molecule has 0 aliphatic heterocycles. The molecule has 0 saturated carbocycles. The molecular weight excluding hydrogens is 218 g/mol. The fraction of sp³-hybridized carbons (Fsp3) is 0.471. The van der Waals surface area contributed by atoms with Crippen molar-refractivity contribution in [1.82, 2.24) is 0 Å². The molecule has 100 valence electrons. The summed E-state index contributed by atoms with van der Waals surface area (Å²) >= 11 is 0. The van der Waals surface area contributed by atoms with Gasteiger partial charge in [0.05, 0.1) is 0 Å². The topological polar surface area (TPSA) is 12.4 Å². The van der Waals surface area contributed by atoms with E-state index in [2.05, 4.69) is 63.1 Å². The summed E-state index contributed by atoms with van der Waals surface area (Å²) in [4.78, 5) is 3.92. The van der Waals surface area contributed by atoms with E-state index < -0.39 is 0 Å². The molecule has 0 rings (SSSR count). The van der Waals surface area contributed by atoms with Gasteiger partial charge in [0, 0.05) is 13.3 Å². The summed E-state index contributed by atoms with van der Waals surface area (Å²) in [7, 11) is 1.78. The van der Waals surface area contributed by atoms with Gasteiger partial charge in [0.25, 0.3) is 0 Å². The Bertz CT molecular complexity index is 355. The fourth-order valence-electron chi connectivity index (χ4n) is 1.50. The highest BCUT2D eigenvalue weighted by Gasteiger charge is 1.95. The molecule has 0 spiro atoms. The minimum atomic E-state index is 0. The van der Waals surface area contributed by atoms with Crippen molar-refractivity contribution in [2.45, 2.75) is 40.5 Å². The van der Waals surface area contributed by atoms with E-state index in [0.717, 1.165) is 0 Å². The molecule has 1 nitrogen and oxygen atoms in total. The Morgan fingerprint density at radius 3 is 2.22 bits per heavy atom. The van der Waals surface area contributed by atoms with Crippen LogP contribution in [-0.2, 0) is 0 Å². The van der Waals surface area contributed by atoms with E-state index >= 15 is 0 Å². The fourth-order valence-corrected chi connectivity index (χ4v) is 1.50. The van der Waals surface area contributed by atoms with Crippen LogP contribution in [0, 0.1) is 5.92 Å². The highest BCUT2D eigenvalue weighted by molar-refractivity contribution is 5.72. The minimum absolute atomic E-state index is 0. The lowest BCUT2D eigenvalue weighted by molar-refractivity contribution is 0.606. The van der Waals surface area contributed by atoms with Crippen LogP contribution in [0.1, 0.15) is 42.0 Å². The van der Waals surface area contributed by atoms with E-state index in [1.54, 1.807) is 7.05 Å². The van der Waals surface area contributed by atoms with Crippen molar-refractivity contribution in [2.75, 3.05) is 7.05 Å². The van der Waals surface area contributed by atoms with Crippen LogP contribution in [0.5, 0.6) is 0 Å².